The number of rotatable bonds is 4. The molecule has 0 saturated heterocycles. The molecule has 1 rings (SSSR count). The predicted octanol–water partition coefficient (Wildman–Crippen LogP) is 2.59. The molecule has 0 radical (unpaired) electrons. The van der Waals surface area contributed by atoms with Crippen molar-refractivity contribution in [1.29, 1.82) is 0 Å². The van der Waals surface area contributed by atoms with Gasteiger partial charge in [-0.25, -0.2) is 4.79 Å². The molecule has 17 heavy (non-hydrogen) atoms. The van der Waals surface area contributed by atoms with Gasteiger partial charge in [-0.15, -0.1) is 0 Å². The molecule has 1 aromatic rings. The van der Waals surface area contributed by atoms with Gasteiger partial charge in [-0.05, 0) is 32.0 Å². The van der Waals surface area contributed by atoms with E-state index >= 15 is 0 Å². The fourth-order valence-electron chi connectivity index (χ4n) is 1.32. The predicted molar refractivity (Wildman–Crippen MR) is 66.4 cm³/mol. The van der Waals surface area contributed by atoms with Gasteiger partial charge in [0.25, 0.3) is 0 Å². The summed E-state index contributed by atoms with van der Waals surface area (Å²) in [5, 5.41) is 9.63. The molecule has 0 aliphatic carbocycles. The molecule has 0 saturated carbocycles. The van der Waals surface area contributed by atoms with Crippen LogP contribution in [0.1, 0.15) is 34.6 Å². The second-order valence-corrected chi connectivity index (χ2v) is 4.38. The molecule has 0 bridgehead atoms. The normalized spacial score (nSPS) is 11.9. The lowest BCUT2D eigenvalue weighted by atomic mass is 10.0. The lowest BCUT2D eigenvalue weighted by molar-refractivity contribution is -0.116. The summed E-state index contributed by atoms with van der Waals surface area (Å²) in [5.74, 6) is -0.659. The molecule has 0 spiro atoms. The third-order valence-electron chi connectivity index (χ3n) is 2.17. The van der Waals surface area contributed by atoms with Crippen LogP contribution >= 0.6 is 15.9 Å². The van der Waals surface area contributed by atoms with Crippen molar-refractivity contribution < 1.29 is 19.4 Å². The van der Waals surface area contributed by atoms with Crippen molar-refractivity contribution in [3.8, 4) is 5.75 Å². The monoisotopic (exact) mass is 300 g/mol. The summed E-state index contributed by atoms with van der Waals surface area (Å²) in [6.45, 7) is 3.39. The molecular weight excluding hydrogens is 288 g/mol. The molecule has 5 heteroatoms. The number of benzene rings is 1. The minimum absolute atomic E-state index is 0.0323. The number of phenolic OH excluding ortho intramolecular Hbond substituents is 1. The van der Waals surface area contributed by atoms with Gasteiger partial charge < -0.3 is 9.84 Å². The Morgan fingerprint density at radius 2 is 2.12 bits per heavy atom. The summed E-state index contributed by atoms with van der Waals surface area (Å²) in [4.78, 5) is 22.1. The van der Waals surface area contributed by atoms with Crippen LogP contribution in [-0.2, 0) is 9.53 Å². The zero-order valence-corrected chi connectivity index (χ0v) is 11.2. The second kappa shape index (κ2) is 5.82. The Kier molecular flexibility index (Phi) is 4.69. The average molecular weight is 301 g/mol. The zero-order valence-electron chi connectivity index (χ0n) is 9.57. The van der Waals surface area contributed by atoms with E-state index in [9.17, 15) is 14.7 Å². The fraction of sp³-hybridized carbons (Fsp3) is 0.333. The molecular formula is C12H13BrO4. The highest BCUT2D eigenvalue weighted by Crippen LogP contribution is 2.32. The van der Waals surface area contributed by atoms with Crippen LogP contribution in [0.2, 0.25) is 0 Å². The first-order valence-corrected chi connectivity index (χ1v) is 6.03. The van der Waals surface area contributed by atoms with Crippen LogP contribution in [0.15, 0.2) is 18.2 Å². The van der Waals surface area contributed by atoms with Gasteiger partial charge in [0, 0.05) is 5.56 Å². The second-order valence-electron chi connectivity index (χ2n) is 3.47. The van der Waals surface area contributed by atoms with Crippen molar-refractivity contribution in [1.82, 2.24) is 0 Å². The van der Waals surface area contributed by atoms with Gasteiger partial charge in [0.2, 0.25) is 0 Å². The summed E-state index contributed by atoms with van der Waals surface area (Å²) < 4.78 is 4.84. The summed E-state index contributed by atoms with van der Waals surface area (Å²) in [6, 6.07) is 4.28. The molecule has 92 valence electrons. The quantitative estimate of drug-likeness (QED) is 0.686. The Labute approximate surface area is 108 Å². The number of hydrogen-bond donors (Lipinski definition) is 1. The number of alkyl halides is 1. The number of halogens is 1. The summed E-state index contributed by atoms with van der Waals surface area (Å²) in [6.07, 6.45) is 0. The first-order chi connectivity index (χ1) is 7.97. The highest BCUT2D eigenvalue weighted by molar-refractivity contribution is 9.09. The Balaban J connectivity index is 3.10. The Bertz CT molecular complexity index is 442. The molecule has 0 amide bonds. The maximum atomic E-state index is 11.5. The van der Waals surface area contributed by atoms with E-state index in [0.717, 1.165) is 0 Å². The van der Waals surface area contributed by atoms with E-state index in [-0.39, 0.29) is 18.1 Å². The third-order valence-corrected chi connectivity index (χ3v) is 3.31. The molecule has 0 fully saturated rings. The van der Waals surface area contributed by atoms with E-state index < -0.39 is 10.8 Å². The van der Waals surface area contributed by atoms with Crippen LogP contribution in [0, 0.1) is 0 Å². The van der Waals surface area contributed by atoms with Crippen LogP contribution in [0.25, 0.3) is 0 Å². The first-order valence-electron chi connectivity index (χ1n) is 5.12. The number of aromatic hydroxyl groups is 1. The fourth-order valence-corrected chi connectivity index (χ4v) is 1.68. The highest BCUT2D eigenvalue weighted by Gasteiger charge is 2.19. The third kappa shape index (κ3) is 3.30. The Morgan fingerprint density at radius 1 is 1.47 bits per heavy atom. The average Bonchev–Trinajstić information content (AvgIpc) is 2.28. The van der Waals surface area contributed by atoms with Crippen LogP contribution in [0.3, 0.4) is 0 Å². The number of ether oxygens (including phenoxy) is 1. The topological polar surface area (TPSA) is 63.6 Å². The summed E-state index contributed by atoms with van der Waals surface area (Å²) in [5.41, 5.74) is 0.674. The highest BCUT2D eigenvalue weighted by atomic mass is 79.9. The Hall–Kier alpha value is -1.36. The van der Waals surface area contributed by atoms with E-state index in [2.05, 4.69) is 15.9 Å². The van der Waals surface area contributed by atoms with Crippen molar-refractivity contribution in [2.75, 3.05) is 6.61 Å². The van der Waals surface area contributed by atoms with Gasteiger partial charge in [0.15, 0.2) is 0 Å². The van der Waals surface area contributed by atoms with E-state index in [1.54, 1.807) is 6.92 Å². The molecule has 0 aliphatic rings. The SMILES string of the molecule is CCOC(=O)c1ccc(O)c(C(Br)C(C)=O)c1. The molecule has 0 heterocycles. The van der Waals surface area contributed by atoms with Gasteiger partial charge in [0.05, 0.1) is 12.2 Å². The molecule has 0 aliphatic heterocycles. The molecule has 1 unspecified atom stereocenters. The van der Waals surface area contributed by atoms with Gasteiger partial charge in [0.1, 0.15) is 16.4 Å². The van der Waals surface area contributed by atoms with Crippen molar-refractivity contribution in [3.05, 3.63) is 29.3 Å². The van der Waals surface area contributed by atoms with Crippen molar-refractivity contribution in [3.63, 3.8) is 0 Å². The number of hydrogen-bond acceptors (Lipinski definition) is 4. The Morgan fingerprint density at radius 3 is 2.65 bits per heavy atom. The number of carbonyl (C=O) groups excluding carboxylic acids is 2. The van der Waals surface area contributed by atoms with E-state index in [1.807, 2.05) is 0 Å². The van der Waals surface area contributed by atoms with E-state index in [4.69, 9.17) is 4.74 Å². The minimum atomic E-state index is -0.628. The molecule has 0 aromatic heterocycles. The van der Waals surface area contributed by atoms with E-state index in [1.165, 1.54) is 25.1 Å². The van der Waals surface area contributed by atoms with Crippen LogP contribution in [-0.4, -0.2) is 23.5 Å². The lowest BCUT2D eigenvalue weighted by Crippen LogP contribution is -2.07. The van der Waals surface area contributed by atoms with Gasteiger partial charge in [-0.2, -0.15) is 0 Å². The maximum Gasteiger partial charge on any atom is 0.338 e. The van der Waals surface area contributed by atoms with Gasteiger partial charge in [-0.1, -0.05) is 15.9 Å². The van der Waals surface area contributed by atoms with Crippen molar-refractivity contribution in [2.45, 2.75) is 18.7 Å². The van der Waals surface area contributed by atoms with Crippen molar-refractivity contribution >= 4 is 27.7 Å². The lowest BCUT2D eigenvalue weighted by Gasteiger charge is -2.10. The van der Waals surface area contributed by atoms with Gasteiger partial charge in [-0.3, -0.25) is 4.79 Å². The summed E-state index contributed by atoms with van der Waals surface area (Å²) >= 11 is 3.16. The molecule has 1 aromatic carbocycles. The largest absolute Gasteiger partial charge is 0.508 e. The number of Topliss-reactive ketones (excluding diaryl/α,β-unsaturated/α-hetero) is 1. The smallest absolute Gasteiger partial charge is 0.338 e. The van der Waals surface area contributed by atoms with Crippen LogP contribution in [0.5, 0.6) is 5.75 Å². The number of esters is 1. The minimum Gasteiger partial charge on any atom is -0.508 e. The maximum absolute atomic E-state index is 11.5. The standard InChI is InChI=1S/C12H13BrO4/c1-3-17-12(16)8-4-5-10(15)9(6-8)11(13)7(2)14/h4-6,11,15H,3H2,1-2H3. The van der Waals surface area contributed by atoms with Crippen LogP contribution in [0.4, 0.5) is 0 Å². The molecule has 1 atom stereocenters. The number of phenols is 1. The first kappa shape index (κ1) is 13.7. The molecule has 4 nitrogen and oxygen atoms in total. The summed E-state index contributed by atoms with van der Waals surface area (Å²) in [7, 11) is 0. The van der Waals surface area contributed by atoms with E-state index in [0.29, 0.717) is 11.1 Å². The number of carbonyl (C=O) groups is 2. The number of ketones is 1. The molecule has 1 N–H and O–H groups in total. The van der Waals surface area contributed by atoms with Crippen LogP contribution < -0.4 is 0 Å². The zero-order chi connectivity index (χ0) is 13.0. The van der Waals surface area contributed by atoms with Crippen molar-refractivity contribution in [2.24, 2.45) is 0 Å². The van der Waals surface area contributed by atoms with Gasteiger partial charge >= 0.3 is 5.97 Å².